The molecule has 2 aromatic rings. The van der Waals surface area contributed by atoms with Gasteiger partial charge in [0.1, 0.15) is 11.7 Å². The van der Waals surface area contributed by atoms with Crippen molar-refractivity contribution in [3.05, 3.63) is 52.3 Å². The number of hydrogen-bond donors (Lipinski definition) is 1. The topological polar surface area (TPSA) is 73.5 Å². The Hall–Kier alpha value is -2.13. The van der Waals surface area contributed by atoms with Gasteiger partial charge in [-0.15, -0.1) is 0 Å². The summed E-state index contributed by atoms with van der Waals surface area (Å²) in [7, 11) is 0. The van der Waals surface area contributed by atoms with Gasteiger partial charge in [0.25, 0.3) is 5.03 Å². The first-order valence-electron chi connectivity index (χ1n) is 7.31. The van der Waals surface area contributed by atoms with Crippen LogP contribution in [-0.2, 0) is 11.2 Å². The number of nitrogens with zero attached hydrogens (tertiary/aromatic N) is 1. The molecule has 2 atom stereocenters. The molecule has 0 fully saturated rings. The van der Waals surface area contributed by atoms with Gasteiger partial charge in [0.05, 0.1) is 5.02 Å². The summed E-state index contributed by atoms with van der Waals surface area (Å²) < 4.78 is 45.1. The molecule has 3 rings (SSSR count). The zero-order valence-electron chi connectivity index (χ0n) is 12.9. The predicted octanol–water partition coefficient (Wildman–Crippen LogP) is 3.69. The Balaban J connectivity index is 1.97. The SMILES string of the molecule is O=C(O)C1Cc2cc(Cl)c(Sc3cccc[n+]3[O-])cc2OC1C(F)(F)F. The Kier molecular flexibility index (Phi) is 4.94. The largest absolute Gasteiger partial charge is 0.618 e. The van der Waals surface area contributed by atoms with Gasteiger partial charge >= 0.3 is 12.1 Å². The Bertz CT molecular complexity index is 862. The maximum absolute atomic E-state index is 13.2. The number of benzene rings is 1. The molecular formula is C16H11ClF3NO4S. The number of carboxylic acids is 1. The van der Waals surface area contributed by atoms with Crippen LogP contribution in [0.1, 0.15) is 5.56 Å². The van der Waals surface area contributed by atoms with Gasteiger partial charge in [-0.2, -0.15) is 17.9 Å². The minimum Gasteiger partial charge on any atom is -0.618 e. The monoisotopic (exact) mass is 405 g/mol. The van der Waals surface area contributed by atoms with Crippen molar-refractivity contribution >= 4 is 29.3 Å². The number of carboxylic acid groups (broad SMARTS) is 1. The number of hydrogen-bond acceptors (Lipinski definition) is 4. The molecule has 2 heterocycles. The fourth-order valence-electron chi connectivity index (χ4n) is 2.60. The Labute approximate surface area is 154 Å². The zero-order chi connectivity index (χ0) is 19.1. The normalized spacial score (nSPS) is 19.5. The van der Waals surface area contributed by atoms with Crippen LogP contribution >= 0.6 is 23.4 Å². The summed E-state index contributed by atoms with van der Waals surface area (Å²) in [5, 5.41) is 21.3. The highest BCUT2D eigenvalue weighted by Gasteiger charge is 2.52. The summed E-state index contributed by atoms with van der Waals surface area (Å²) in [6.45, 7) is 0. The molecule has 1 aliphatic rings. The number of aromatic nitrogens is 1. The summed E-state index contributed by atoms with van der Waals surface area (Å²) in [6.07, 6.45) is -6.35. The second-order valence-electron chi connectivity index (χ2n) is 5.59. The molecule has 0 spiro atoms. The highest BCUT2D eigenvalue weighted by Crippen LogP contribution is 2.43. The lowest BCUT2D eigenvalue weighted by Gasteiger charge is -2.32. The molecule has 5 nitrogen and oxygen atoms in total. The smallest absolute Gasteiger partial charge is 0.426 e. The van der Waals surface area contributed by atoms with Crippen molar-refractivity contribution in [1.29, 1.82) is 0 Å². The average Bonchev–Trinajstić information content (AvgIpc) is 2.55. The van der Waals surface area contributed by atoms with Crippen molar-refractivity contribution in [2.24, 2.45) is 5.92 Å². The third kappa shape index (κ3) is 3.68. The van der Waals surface area contributed by atoms with Crippen molar-refractivity contribution in [2.45, 2.75) is 28.6 Å². The van der Waals surface area contributed by atoms with Gasteiger partial charge in [0, 0.05) is 17.0 Å². The molecule has 0 saturated carbocycles. The van der Waals surface area contributed by atoms with Crippen LogP contribution in [0, 0.1) is 11.1 Å². The third-order valence-electron chi connectivity index (χ3n) is 3.82. The quantitative estimate of drug-likeness (QED) is 0.622. The molecule has 1 aliphatic heterocycles. The minimum atomic E-state index is -4.83. The zero-order valence-corrected chi connectivity index (χ0v) is 14.4. The molecule has 0 saturated heterocycles. The molecule has 1 aromatic heterocycles. The fraction of sp³-hybridized carbons (Fsp3) is 0.250. The lowest BCUT2D eigenvalue weighted by atomic mass is 9.90. The summed E-state index contributed by atoms with van der Waals surface area (Å²) in [4.78, 5) is 11.5. The van der Waals surface area contributed by atoms with Crippen molar-refractivity contribution in [1.82, 2.24) is 0 Å². The molecule has 2 unspecified atom stereocenters. The van der Waals surface area contributed by atoms with Gasteiger partial charge in [0.15, 0.2) is 6.20 Å². The Morgan fingerprint density at radius 1 is 1.38 bits per heavy atom. The van der Waals surface area contributed by atoms with E-state index in [4.69, 9.17) is 21.4 Å². The molecule has 138 valence electrons. The molecule has 10 heteroatoms. The number of pyridine rings is 1. The van der Waals surface area contributed by atoms with E-state index in [9.17, 15) is 23.2 Å². The van der Waals surface area contributed by atoms with Gasteiger partial charge in [-0.1, -0.05) is 11.6 Å². The van der Waals surface area contributed by atoms with E-state index in [1.165, 1.54) is 30.5 Å². The van der Waals surface area contributed by atoms with Gasteiger partial charge in [-0.25, -0.2) is 0 Å². The number of ether oxygens (including phenoxy) is 1. The first-order chi connectivity index (χ1) is 12.2. The van der Waals surface area contributed by atoms with Crippen LogP contribution < -0.4 is 9.47 Å². The molecule has 1 aromatic carbocycles. The number of halogens is 4. The van der Waals surface area contributed by atoms with Crippen LogP contribution in [0.4, 0.5) is 13.2 Å². The van der Waals surface area contributed by atoms with E-state index in [-0.39, 0.29) is 27.8 Å². The van der Waals surface area contributed by atoms with Gasteiger partial charge in [0.2, 0.25) is 6.10 Å². The number of aliphatic carboxylic acids is 1. The molecule has 0 amide bonds. The van der Waals surface area contributed by atoms with Crippen LogP contribution in [0.2, 0.25) is 5.02 Å². The first kappa shape index (κ1) is 18.7. The second kappa shape index (κ2) is 6.88. The van der Waals surface area contributed by atoms with Crippen LogP contribution in [0.5, 0.6) is 5.75 Å². The number of fused-ring (bicyclic) bond motifs is 1. The van der Waals surface area contributed by atoms with Gasteiger partial charge in [-0.05, 0) is 41.9 Å². The molecule has 26 heavy (non-hydrogen) atoms. The van der Waals surface area contributed by atoms with E-state index in [0.717, 1.165) is 11.8 Å². The van der Waals surface area contributed by atoms with E-state index in [2.05, 4.69) is 0 Å². The van der Waals surface area contributed by atoms with Crippen LogP contribution in [-0.4, -0.2) is 23.4 Å². The lowest BCUT2D eigenvalue weighted by molar-refractivity contribution is -0.645. The summed E-state index contributed by atoms with van der Waals surface area (Å²) in [5.74, 6) is -3.44. The van der Waals surface area contributed by atoms with E-state index < -0.39 is 24.2 Å². The molecule has 1 N–H and O–H groups in total. The maximum Gasteiger partial charge on any atom is 0.426 e. The van der Waals surface area contributed by atoms with Crippen LogP contribution in [0.25, 0.3) is 0 Å². The van der Waals surface area contributed by atoms with Crippen LogP contribution in [0.3, 0.4) is 0 Å². The molecule has 0 bridgehead atoms. The van der Waals surface area contributed by atoms with Crippen molar-refractivity contribution in [3.63, 3.8) is 0 Å². The first-order valence-corrected chi connectivity index (χ1v) is 8.51. The summed E-state index contributed by atoms with van der Waals surface area (Å²) >= 11 is 7.13. The van der Waals surface area contributed by atoms with Crippen molar-refractivity contribution in [2.75, 3.05) is 0 Å². The Morgan fingerprint density at radius 3 is 2.73 bits per heavy atom. The lowest BCUT2D eigenvalue weighted by Crippen LogP contribution is -2.47. The third-order valence-corrected chi connectivity index (χ3v) is 5.32. The summed E-state index contributed by atoms with van der Waals surface area (Å²) in [5.41, 5.74) is 0.273. The molecule has 0 aliphatic carbocycles. The average molecular weight is 406 g/mol. The molecular weight excluding hydrogens is 395 g/mol. The van der Waals surface area contributed by atoms with E-state index >= 15 is 0 Å². The van der Waals surface area contributed by atoms with Crippen LogP contribution in [0.15, 0.2) is 46.5 Å². The van der Waals surface area contributed by atoms with E-state index in [0.29, 0.717) is 9.63 Å². The van der Waals surface area contributed by atoms with Crippen molar-refractivity contribution in [3.8, 4) is 5.75 Å². The highest BCUT2D eigenvalue weighted by molar-refractivity contribution is 7.99. The summed E-state index contributed by atoms with van der Waals surface area (Å²) in [6, 6.07) is 7.38. The van der Waals surface area contributed by atoms with Gasteiger partial charge in [-0.3, -0.25) is 4.79 Å². The van der Waals surface area contributed by atoms with Crippen molar-refractivity contribution < 1.29 is 32.5 Å². The van der Waals surface area contributed by atoms with Gasteiger partial charge < -0.3 is 15.1 Å². The maximum atomic E-state index is 13.2. The number of carbonyl (C=O) groups is 1. The van der Waals surface area contributed by atoms with E-state index in [1.54, 1.807) is 6.07 Å². The fourth-order valence-corrected chi connectivity index (χ4v) is 3.75. The van der Waals surface area contributed by atoms with E-state index in [1.807, 2.05) is 0 Å². The standard InChI is InChI=1S/C16H11ClF3NO4S/c17-10-6-8-5-9(15(22)23)14(16(18,19)20)25-11(8)7-12(10)26-13-3-1-2-4-21(13)24/h1-4,6-7,9,14H,5H2,(H,22,23). The predicted molar refractivity (Wildman–Crippen MR) is 86.3 cm³/mol. The Morgan fingerprint density at radius 2 is 2.12 bits per heavy atom. The highest BCUT2D eigenvalue weighted by atomic mass is 35.5. The molecule has 0 radical (unpaired) electrons. The second-order valence-corrected chi connectivity index (χ2v) is 7.06. The number of alkyl halides is 3. The number of rotatable bonds is 3. The minimum absolute atomic E-state index is 0.0925.